The second-order valence-corrected chi connectivity index (χ2v) is 5.10. The highest BCUT2D eigenvalue weighted by atomic mass is 16.4. The Balaban J connectivity index is 2.55. The van der Waals surface area contributed by atoms with Gasteiger partial charge in [0.2, 0.25) is 5.89 Å². The van der Waals surface area contributed by atoms with Crippen LogP contribution in [-0.2, 0) is 4.79 Å². The van der Waals surface area contributed by atoms with E-state index in [0.717, 1.165) is 0 Å². The van der Waals surface area contributed by atoms with Crippen LogP contribution in [0.4, 0.5) is 4.79 Å². The Morgan fingerprint density at radius 3 is 2.45 bits per heavy atom. The smallest absolute Gasteiger partial charge is 0.315 e. The first-order valence-corrected chi connectivity index (χ1v) is 6.50. The number of aromatic nitrogens is 1. The van der Waals surface area contributed by atoms with Crippen molar-refractivity contribution in [1.29, 1.82) is 0 Å². The molecule has 0 fully saturated rings. The van der Waals surface area contributed by atoms with Gasteiger partial charge in [0, 0.05) is 6.04 Å². The first kappa shape index (κ1) is 16.0. The molecule has 0 saturated carbocycles. The molecule has 2 atom stereocenters. The highest BCUT2D eigenvalue weighted by molar-refractivity contribution is 5.76. The van der Waals surface area contributed by atoms with Gasteiger partial charge in [0.25, 0.3) is 0 Å². The molecule has 3 N–H and O–H groups in total. The predicted octanol–water partition coefficient (Wildman–Crippen LogP) is 1.84. The Morgan fingerprint density at radius 1 is 1.35 bits per heavy atom. The summed E-state index contributed by atoms with van der Waals surface area (Å²) < 4.78 is 5.32. The van der Waals surface area contributed by atoms with Crippen molar-refractivity contribution in [1.82, 2.24) is 15.6 Å². The molecule has 20 heavy (non-hydrogen) atoms. The zero-order valence-electron chi connectivity index (χ0n) is 12.1. The second-order valence-electron chi connectivity index (χ2n) is 5.10. The number of carboxylic acid groups (broad SMARTS) is 1. The van der Waals surface area contributed by atoms with Crippen molar-refractivity contribution in [2.24, 2.45) is 5.92 Å². The van der Waals surface area contributed by atoms with E-state index in [1.807, 2.05) is 13.8 Å². The molecule has 2 unspecified atom stereocenters. The van der Waals surface area contributed by atoms with E-state index >= 15 is 0 Å². The molecule has 7 heteroatoms. The minimum Gasteiger partial charge on any atom is -0.481 e. The molecule has 0 aliphatic rings. The standard InChI is InChI=1S/C13H21N3O4/c1-7(2)10(5-11(17)18)16-13(19)15-9(4)12-14-6-8(3)20-12/h6-7,9-10H,5H2,1-4H3,(H,17,18)(H2,15,16,19). The van der Waals surface area contributed by atoms with Crippen LogP contribution in [-0.4, -0.2) is 28.1 Å². The third-order valence-electron chi connectivity index (χ3n) is 2.87. The van der Waals surface area contributed by atoms with Crippen molar-refractivity contribution in [2.75, 3.05) is 0 Å². The molecular weight excluding hydrogens is 262 g/mol. The lowest BCUT2D eigenvalue weighted by molar-refractivity contribution is -0.137. The largest absolute Gasteiger partial charge is 0.481 e. The van der Waals surface area contributed by atoms with Gasteiger partial charge in [-0.15, -0.1) is 0 Å². The van der Waals surface area contributed by atoms with Gasteiger partial charge in [-0.3, -0.25) is 4.79 Å². The molecule has 1 heterocycles. The molecule has 7 nitrogen and oxygen atoms in total. The summed E-state index contributed by atoms with van der Waals surface area (Å²) in [5.74, 6) is 0.161. The van der Waals surface area contributed by atoms with Gasteiger partial charge in [0.1, 0.15) is 11.8 Å². The fourth-order valence-electron chi connectivity index (χ4n) is 1.68. The highest BCUT2D eigenvalue weighted by Gasteiger charge is 2.21. The lowest BCUT2D eigenvalue weighted by Crippen LogP contribution is -2.46. The third kappa shape index (κ3) is 4.91. The number of rotatable bonds is 6. The number of urea groups is 1. The Kier molecular flexibility index (Phi) is 5.54. The molecule has 1 rings (SSSR count). The van der Waals surface area contributed by atoms with Crippen LogP contribution < -0.4 is 10.6 Å². The third-order valence-corrected chi connectivity index (χ3v) is 2.87. The number of carboxylic acids is 1. The van der Waals surface area contributed by atoms with E-state index in [4.69, 9.17) is 9.52 Å². The van der Waals surface area contributed by atoms with Crippen LogP contribution in [0.15, 0.2) is 10.6 Å². The van der Waals surface area contributed by atoms with Crippen LogP contribution in [0.25, 0.3) is 0 Å². The maximum Gasteiger partial charge on any atom is 0.315 e. The molecule has 0 radical (unpaired) electrons. The van der Waals surface area contributed by atoms with Crippen molar-refractivity contribution in [3.63, 3.8) is 0 Å². The molecule has 0 saturated heterocycles. The Bertz CT molecular complexity index is 470. The normalized spacial score (nSPS) is 13.8. The van der Waals surface area contributed by atoms with Gasteiger partial charge in [0.05, 0.1) is 12.6 Å². The monoisotopic (exact) mass is 283 g/mol. The molecular formula is C13H21N3O4. The molecule has 0 aliphatic carbocycles. The quantitative estimate of drug-likeness (QED) is 0.739. The van der Waals surface area contributed by atoms with E-state index in [9.17, 15) is 9.59 Å². The Labute approximate surface area is 117 Å². The van der Waals surface area contributed by atoms with Gasteiger partial charge in [-0.05, 0) is 19.8 Å². The van der Waals surface area contributed by atoms with Crippen LogP contribution in [0.2, 0.25) is 0 Å². The van der Waals surface area contributed by atoms with E-state index in [0.29, 0.717) is 11.7 Å². The average Bonchev–Trinajstić information content (AvgIpc) is 2.74. The number of carbonyl (C=O) groups is 2. The van der Waals surface area contributed by atoms with Crippen LogP contribution in [0.3, 0.4) is 0 Å². The van der Waals surface area contributed by atoms with E-state index in [1.54, 1.807) is 20.0 Å². The summed E-state index contributed by atoms with van der Waals surface area (Å²) in [7, 11) is 0. The van der Waals surface area contributed by atoms with Crippen molar-refractivity contribution >= 4 is 12.0 Å². The van der Waals surface area contributed by atoms with Crippen LogP contribution >= 0.6 is 0 Å². The summed E-state index contributed by atoms with van der Waals surface area (Å²) in [6.45, 7) is 7.22. The van der Waals surface area contributed by atoms with Crippen LogP contribution in [0, 0.1) is 12.8 Å². The lowest BCUT2D eigenvalue weighted by atomic mass is 10.0. The molecule has 2 amide bonds. The maximum absolute atomic E-state index is 11.8. The van der Waals surface area contributed by atoms with E-state index in [-0.39, 0.29) is 18.4 Å². The minimum absolute atomic E-state index is 0.0242. The molecule has 0 bridgehead atoms. The summed E-state index contributed by atoms with van der Waals surface area (Å²) in [5.41, 5.74) is 0. The number of nitrogens with one attached hydrogen (secondary N) is 2. The molecule has 0 aromatic carbocycles. The summed E-state index contributed by atoms with van der Waals surface area (Å²) in [6.07, 6.45) is 1.46. The predicted molar refractivity (Wildman–Crippen MR) is 72.2 cm³/mol. The number of carbonyl (C=O) groups excluding carboxylic acids is 1. The van der Waals surface area contributed by atoms with Gasteiger partial charge in [-0.25, -0.2) is 9.78 Å². The molecule has 0 aliphatic heterocycles. The fraction of sp³-hybridized carbons (Fsp3) is 0.615. The van der Waals surface area contributed by atoms with Gasteiger partial charge in [0.15, 0.2) is 0 Å². The fourth-order valence-corrected chi connectivity index (χ4v) is 1.68. The highest BCUT2D eigenvalue weighted by Crippen LogP contribution is 2.12. The summed E-state index contributed by atoms with van der Waals surface area (Å²) in [4.78, 5) is 26.6. The number of nitrogens with zero attached hydrogens (tertiary/aromatic N) is 1. The number of hydrogen-bond donors (Lipinski definition) is 3. The SMILES string of the molecule is Cc1cnc(C(C)NC(=O)NC(CC(=O)O)C(C)C)o1. The van der Waals surface area contributed by atoms with Crippen molar-refractivity contribution in [3.8, 4) is 0 Å². The zero-order chi connectivity index (χ0) is 15.3. The average molecular weight is 283 g/mol. The number of hydrogen-bond acceptors (Lipinski definition) is 4. The number of aliphatic carboxylic acids is 1. The summed E-state index contributed by atoms with van der Waals surface area (Å²) in [5, 5.41) is 14.1. The number of aryl methyl sites for hydroxylation is 1. The molecule has 0 spiro atoms. The zero-order valence-corrected chi connectivity index (χ0v) is 12.1. The topological polar surface area (TPSA) is 104 Å². The first-order chi connectivity index (χ1) is 9.29. The van der Waals surface area contributed by atoms with E-state index in [2.05, 4.69) is 15.6 Å². The number of oxazole rings is 1. The van der Waals surface area contributed by atoms with Gasteiger partial charge in [-0.1, -0.05) is 13.8 Å². The van der Waals surface area contributed by atoms with E-state index in [1.165, 1.54) is 0 Å². The van der Waals surface area contributed by atoms with Crippen LogP contribution in [0.5, 0.6) is 0 Å². The Hall–Kier alpha value is -2.05. The molecule has 1 aromatic heterocycles. The molecule has 1 aromatic rings. The lowest BCUT2D eigenvalue weighted by Gasteiger charge is -2.21. The van der Waals surface area contributed by atoms with Gasteiger partial charge in [-0.2, -0.15) is 0 Å². The Morgan fingerprint density at radius 2 is 2.00 bits per heavy atom. The van der Waals surface area contributed by atoms with E-state index < -0.39 is 18.0 Å². The summed E-state index contributed by atoms with van der Waals surface area (Å²) in [6, 6.07) is -1.25. The first-order valence-electron chi connectivity index (χ1n) is 6.50. The van der Waals surface area contributed by atoms with Crippen molar-refractivity contribution in [2.45, 2.75) is 46.2 Å². The van der Waals surface area contributed by atoms with Crippen LogP contribution in [0.1, 0.15) is 44.9 Å². The van der Waals surface area contributed by atoms with Crippen molar-refractivity contribution < 1.29 is 19.1 Å². The second kappa shape index (κ2) is 6.93. The van der Waals surface area contributed by atoms with Gasteiger partial charge < -0.3 is 20.2 Å². The van der Waals surface area contributed by atoms with Crippen molar-refractivity contribution in [3.05, 3.63) is 17.8 Å². The molecule has 112 valence electrons. The number of amides is 2. The minimum atomic E-state index is -0.944. The van der Waals surface area contributed by atoms with Gasteiger partial charge >= 0.3 is 12.0 Å². The maximum atomic E-state index is 11.8. The summed E-state index contributed by atoms with van der Waals surface area (Å²) >= 11 is 0.